The molecule has 0 atom stereocenters. The highest BCUT2D eigenvalue weighted by Gasteiger charge is 2.12. The molecule has 0 aliphatic carbocycles. The molecule has 0 aliphatic rings. The number of carbonyl (C=O) groups excluding carboxylic acids is 1. The van der Waals surface area contributed by atoms with Crippen LogP contribution in [0, 0.1) is 13.8 Å². The van der Waals surface area contributed by atoms with Crippen molar-refractivity contribution in [2.24, 2.45) is 0 Å². The number of Topliss-reactive ketones (excluding diaryl/α,β-unsaturated/α-hetero) is 1. The molecule has 0 bridgehead atoms. The molecule has 1 heterocycles. The summed E-state index contributed by atoms with van der Waals surface area (Å²) in [7, 11) is 0. The van der Waals surface area contributed by atoms with E-state index in [-0.39, 0.29) is 19.0 Å². The lowest BCUT2D eigenvalue weighted by Crippen LogP contribution is -2.09. The third kappa shape index (κ3) is 5.63. The Hall–Kier alpha value is -2.72. The van der Waals surface area contributed by atoms with Gasteiger partial charge in [-0.1, -0.05) is 48.0 Å². The number of carbonyl (C=O) groups is 1. The Morgan fingerprint density at radius 2 is 1.78 bits per heavy atom. The van der Waals surface area contributed by atoms with E-state index in [9.17, 15) is 4.79 Å². The van der Waals surface area contributed by atoms with E-state index < -0.39 is 0 Å². The van der Waals surface area contributed by atoms with Crippen LogP contribution in [0.1, 0.15) is 35.4 Å². The van der Waals surface area contributed by atoms with Crippen molar-refractivity contribution in [3.05, 3.63) is 77.2 Å². The number of aromatic nitrogens is 1. The summed E-state index contributed by atoms with van der Waals surface area (Å²) in [5.41, 5.74) is 4.12. The van der Waals surface area contributed by atoms with Crippen molar-refractivity contribution >= 4 is 5.78 Å². The van der Waals surface area contributed by atoms with Gasteiger partial charge in [0.05, 0.1) is 6.61 Å². The minimum atomic E-state index is 0.112. The SMILES string of the molecule is Cc1ccc(-c2nc(COCC(=O)CCCc3ccccc3)c(C)o2)cc1. The van der Waals surface area contributed by atoms with Gasteiger partial charge in [-0.3, -0.25) is 4.79 Å². The Morgan fingerprint density at radius 1 is 1.04 bits per heavy atom. The van der Waals surface area contributed by atoms with Gasteiger partial charge in [0.2, 0.25) is 5.89 Å². The Balaban J connectivity index is 1.43. The third-order valence-corrected chi connectivity index (χ3v) is 4.46. The second-order valence-corrected chi connectivity index (χ2v) is 6.76. The fraction of sp³-hybridized carbons (Fsp3) is 0.304. The van der Waals surface area contributed by atoms with Gasteiger partial charge in [-0.2, -0.15) is 0 Å². The Morgan fingerprint density at radius 3 is 2.52 bits per heavy atom. The summed E-state index contributed by atoms with van der Waals surface area (Å²) in [6.45, 7) is 4.30. The number of hydrogen-bond donors (Lipinski definition) is 0. The molecule has 3 aromatic rings. The zero-order chi connectivity index (χ0) is 19.1. The van der Waals surface area contributed by atoms with Crippen LogP contribution in [0.25, 0.3) is 11.5 Å². The van der Waals surface area contributed by atoms with E-state index in [0.29, 0.717) is 12.3 Å². The van der Waals surface area contributed by atoms with Gasteiger partial charge in [-0.05, 0) is 44.4 Å². The molecule has 0 unspecified atom stereocenters. The van der Waals surface area contributed by atoms with E-state index in [0.717, 1.165) is 29.9 Å². The highest BCUT2D eigenvalue weighted by Crippen LogP contribution is 2.22. The summed E-state index contributed by atoms with van der Waals surface area (Å²) in [6, 6.07) is 18.2. The van der Waals surface area contributed by atoms with Crippen LogP contribution in [0.4, 0.5) is 0 Å². The molecular weight excluding hydrogens is 338 g/mol. The number of hydrogen-bond acceptors (Lipinski definition) is 4. The molecule has 0 saturated carbocycles. The fourth-order valence-corrected chi connectivity index (χ4v) is 2.85. The maximum atomic E-state index is 12.0. The van der Waals surface area contributed by atoms with Crippen LogP contribution in [0.2, 0.25) is 0 Å². The summed E-state index contributed by atoms with van der Waals surface area (Å²) >= 11 is 0. The van der Waals surface area contributed by atoms with Crippen LogP contribution in [0.15, 0.2) is 59.0 Å². The quantitative estimate of drug-likeness (QED) is 0.533. The molecule has 0 aliphatic heterocycles. The van der Waals surface area contributed by atoms with Gasteiger partial charge >= 0.3 is 0 Å². The van der Waals surface area contributed by atoms with Gasteiger partial charge in [0.25, 0.3) is 0 Å². The van der Waals surface area contributed by atoms with E-state index in [1.165, 1.54) is 11.1 Å². The van der Waals surface area contributed by atoms with Crippen LogP contribution in [-0.4, -0.2) is 17.4 Å². The standard InChI is InChI=1S/C23H25NO3/c1-17-11-13-20(14-12-17)23-24-22(18(2)27-23)16-26-15-21(25)10-6-9-19-7-4-3-5-8-19/h3-5,7-8,11-14H,6,9-10,15-16H2,1-2H3. The van der Waals surface area contributed by atoms with Crippen LogP contribution in [0.5, 0.6) is 0 Å². The van der Waals surface area contributed by atoms with Crippen molar-refractivity contribution in [2.75, 3.05) is 6.61 Å². The van der Waals surface area contributed by atoms with Gasteiger partial charge in [0.15, 0.2) is 5.78 Å². The molecule has 0 amide bonds. The maximum absolute atomic E-state index is 12.0. The molecule has 4 nitrogen and oxygen atoms in total. The Labute approximate surface area is 160 Å². The molecule has 0 spiro atoms. The molecule has 0 N–H and O–H groups in total. The average molecular weight is 363 g/mol. The first-order valence-electron chi connectivity index (χ1n) is 9.28. The van der Waals surface area contributed by atoms with Gasteiger partial charge in [-0.25, -0.2) is 4.98 Å². The number of oxazole rings is 1. The molecule has 3 rings (SSSR count). The first kappa shape index (κ1) is 19.1. The molecule has 0 radical (unpaired) electrons. The van der Waals surface area contributed by atoms with Crippen molar-refractivity contribution in [3.63, 3.8) is 0 Å². The average Bonchev–Trinajstić information content (AvgIpc) is 3.04. The monoisotopic (exact) mass is 363 g/mol. The van der Waals surface area contributed by atoms with Crippen molar-refractivity contribution in [1.29, 1.82) is 0 Å². The lowest BCUT2D eigenvalue weighted by Gasteiger charge is -2.03. The van der Waals surface area contributed by atoms with Crippen LogP contribution >= 0.6 is 0 Å². The molecular formula is C23H25NO3. The molecule has 27 heavy (non-hydrogen) atoms. The van der Waals surface area contributed by atoms with E-state index in [1.54, 1.807) is 0 Å². The summed E-state index contributed by atoms with van der Waals surface area (Å²) in [6.07, 6.45) is 2.28. The molecule has 2 aromatic carbocycles. The molecule has 4 heteroatoms. The fourth-order valence-electron chi connectivity index (χ4n) is 2.85. The molecule has 0 fully saturated rings. The third-order valence-electron chi connectivity index (χ3n) is 4.46. The zero-order valence-electron chi connectivity index (χ0n) is 15.9. The van der Waals surface area contributed by atoms with E-state index >= 15 is 0 Å². The van der Waals surface area contributed by atoms with Crippen molar-refractivity contribution in [1.82, 2.24) is 4.98 Å². The Bertz CT molecular complexity index is 866. The predicted molar refractivity (Wildman–Crippen MR) is 105 cm³/mol. The van der Waals surface area contributed by atoms with Gasteiger partial charge in [-0.15, -0.1) is 0 Å². The van der Waals surface area contributed by atoms with Crippen molar-refractivity contribution in [2.45, 2.75) is 39.7 Å². The van der Waals surface area contributed by atoms with Gasteiger partial charge in [0, 0.05) is 12.0 Å². The van der Waals surface area contributed by atoms with E-state index in [1.807, 2.05) is 56.3 Å². The normalized spacial score (nSPS) is 10.9. The van der Waals surface area contributed by atoms with Crippen LogP contribution in [-0.2, 0) is 22.6 Å². The summed E-state index contributed by atoms with van der Waals surface area (Å²) < 4.78 is 11.3. The number of aryl methyl sites for hydroxylation is 3. The lowest BCUT2D eigenvalue weighted by atomic mass is 10.1. The number of benzene rings is 2. The second-order valence-electron chi connectivity index (χ2n) is 6.76. The molecule has 1 aromatic heterocycles. The summed E-state index contributed by atoms with van der Waals surface area (Å²) in [5, 5.41) is 0. The number of ether oxygens (including phenoxy) is 1. The smallest absolute Gasteiger partial charge is 0.226 e. The van der Waals surface area contributed by atoms with Crippen molar-refractivity contribution < 1.29 is 13.9 Å². The highest BCUT2D eigenvalue weighted by atomic mass is 16.5. The highest BCUT2D eigenvalue weighted by molar-refractivity contribution is 5.79. The molecule has 140 valence electrons. The lowest BCUT2D eigenvalue weighted by molar-refractivity contribution is -0.124. The first-order valence-corrected chi connectivity index (χ1v) is 9.28. The first-order chi connectivity index (χ1) is 13.1. The minimum Gasteiger partial charge on any atom is -0.441 e. The van der Waals surface area contributed by atoms with E-state index in [2.05, 4.69) is 17.1 Å². The topological polar surface area (TPSA) is 52.3 Å². The zero-order valence-corrected chi connectivity index (χ0v) is 15.9. The molecule has 0 saturated heterocycles. The van der Waals surface area contributed by atoms with Crippen LogP contribution in [0.3, 0.4) is 0 Å². The maximum Gasteiger partial charge on any atom is 0.226 e. The largest absolute Gasteiger partial charge is 0.441 e. The number of ketones is 1. The van der Waals surface area contributed by atoms with Gasteiger partial charge < -0.3 is 9.15 Å². The van der Waals surface area contributed by atoms with Crippen molar-refractivity contribution in [3.8, 4) is 11.5 Å². The number of rotatable bonds is 9. The van der Waals surface area contributed by atoms with Crippen LogP contribution < -0.4 is 0 Å². The number of nitrogens with zero attached hydrogens (tertiary/aromatic N) is 1. The minimum absolute atomic E-state index is 0.112. The predicted octanol–water partition coefficient (Wildman–Crippen LogP) is 5.07. The van der Waals surface area contributed by atoms with Gasteiger partial charge in [0.1, 0.15) is 18.1 Å². The Kier molecular flexibility index (Phi) is 6.55. The second kappa shape index (κ2) is 9.28. The summed E-state index contributed by atoms with van der Waals surface area (Å²) in [4.78, 5) is 16.5. The van der Waals surface area contributed by atoms with E-state index in [4.69, 9.17) is 9.15 Å². The summed E-state index contributed by atoms with van der Waals surface area (Å²) in [5.74, 6) is 1.42.